The third-order valence-corrected chi connectivity index (χ3v) is 1.48. The van der Waals surface area contributed by atoms with Crippen LogP contribution in [0.4, 0.5) is 0 Å². The lowest BCUT2D eigenvalue weighted by molar-refractivity contribution is 0.193. The summed E-state index contributed by atoms with van der Waals surface area (Å²) in [7, 11) is 1.00. The summed E-state index contributed by atoms with van der Waals surface area (Å²) < 4.78 is 0. The van der Waals surface area contributed by atoms with Crippen LogP contribution < -0.4 is 11.1 Å². The quantitative estimate of drug-likeness (QED) is 0.356. The molecular formula is C6H16N2O2. The molecule has 1 fully saturated rings. The Labute approximate surface area is 61.0 Å². The second kappa shape index (κ2) is 5.61. The molecule has 0 aromatic heterocycles. The highest BCUT2D eigenvalue weighted by Gasteiger charge is 2.19. The minimum absolute atomic E-state index is 0.163. The minimum Gasteiger partial charge on any atom is -0.400 e. The molecule has 5 N–H and O–H groups in total. The predicted molar refractivity (Wildman–Crippen MR) is 39.6 cm³/mol. The molecule has 10 heavy (non-hydrogen) atoms. The van der Waals surface area contributed by atoms with Gasteiger partial charge >= 0.3 is 0 Å². The number of hydrogen-bond donors (Lipinski definition) is 4. The Kier molecular flexibility index (Phi) is 5.52. The normalized spacial score (nSPS) is 31.2. The standard InChI is InChI=1S/C5H12N2O.CH4O/c6-2-4-1-5(8)3-7-4;1-2/h4-5,7-8H,1-3,6H2;2H,1H3. The highest BCUT2D eigenvalue weighted by atomic mass is 16.3. The first-order chi connectivity index (χ1) is 4.83. The Balaban J connectivity index is 0.000000371. The van der Waals surface area contributed by atoms with Crippen molar-refractivity contribution in [3.8, 4) is 0 Å². The molecule has 0 radical (unpaired) electrons. The van der Waals surface area contributed by atoms with Crippen molar-refractivity contribution < 1.29 is 10.2 Å². The van der Waals surface area contributed by atoms with Crippen LogP contribution >= 0.6 is 0 Å². The average Bonchev–Trinajstić information content (AvgIpc) is 2.40. The molecule has 1 rings (SSSR count). The van der Waals surface area contributed by atoms with Crippen molar-refractivity contribution in [3.05, 3.63) is 0 Å². The number of aliphatic hydroxyl groups is 2. The summed E-state index contributed by atoms with van der Waals surface area (Å²) in [5.41, 5.74) is 5.32. The van der Waals surface area contributed by atoms with E-state index in [1.807, 2.05) is 0 Å². The van der Waals surface area contributed by atoms with Crippen LogP contribution in [0.15, 0.2) is 0 Å². The van der Waals surface area contributed by atoms with Crippen LogP contribution in [0.1, 0.15) is 6.42 Å². The second-order valence-electron chi connectivity index (χ2n) is 2.23. The fraction of sp³-hybridized carbons (Fsp3) is 1.00. The Morgan fingerprint density at radius 2 is 2.20 bits per heavy atom. The molecule has 2 atom stereocenters. The summed E-state index contributed by atoms with van der Waals surface area (Å²) in [6, 6.07) is 0.352. The van der Waals surface area contributed by atoms with Crippen LogP contribution in [-0.4, -0.2) is 42.6 Å². The second-order valence-corrected chi connectivity index (χ2v) is 2.23. The lowest BCUT2D eigenvalue weighted by Crippen LogP contribution is -2.29. The molecule has 0 amide bonds. The van der Waals surface area contributed by atoms with Gasteiger partial charge in [0.15, 0.2) is 0 Å². The van der Waals surface area contributed by atoms with Gasteiger partial charge < -0.3 is 21.3 Å². The van der Waals surface area contributed by atoms with Crippen LogP contribution in [0.2, 0.25) is 0 Å². The van der Waals surface area contributed by atoms with Crippen LogP contribution in [0.25, 0.3) is 0 Å². The van der Waals surface area contributed by atoms with Crippen molar-refractivity contribution in [2.24, 2.45) is 5.73 Å². The van der Waals surface area contributed by atoms with Gasteiger partial charge in [-0.1, -0.05) is 0 Å². The van der Waals surface area contributed by atoms with E-state index in [2.05, 4.69) is 5.32 Å². The number of aliphatic hydroxyl groups excluding tert-OH is 2. The molecule has 0 aromatic carbocycles. The largest absolute Gasteiger partial charge is 0.400 e. The van der Waals surface area contributed by atoms with E-state index in [9.17, 15) is 0 Å². The zero-order chi connectivity index (χ0) is 7.98. The van der Waals surface area contributed by atoms with Crippen LogP contribution in [0.5, 0.6) is 0 Å². The van der Waals surface area contributed by atoms with Gasteiger partial charge in [-0.25, -0.2) is 0 Å². The zero-order valence-corrected chi connectivity index (χ0v) is 6.25. The third-order valence-electron chi connectivity index (χ3n) is 1.48. The molecule has 1 aliphatic heterocycles. The molecule has 0 aromatic rings. The first-order valence-corrected chi connectivity index (χ1v) is 3.39. The van der Waals surface area contributed by atoms with Gasteiger partial charge in [-0.3, -0.25) is 0 Å². The lowest BCUT2D eigenvalue weighted by Gasteiger charge is -2.02. The maximum absolute atomic E-state index is 8.91. The van der Waals surface area contributed by atoms with Gasteiger partial charge in [-0.15, -0.1) is 0 Å². The minimum atomic E-state index is -0.163. The molecule has 0 saturated carbocycles. The van der Waals surface area contributed by atoms with Gasteiger partial charge in [-0.05, 0) is 6.42 Å². The van der Waals surface area contributed by atoms with Gasteiger partial charge in [0, 0.05) is 26.2 Å². The molecule has 0 bridgehead atoms. The highest BCUT2D eigenvalue weighted by molar-refractivity contribution is 4.80. The first-order valence-electron chi connectivity index (χ1n) is 3.39. The summed E-state index contributed by atoms with van der Waals surface area (Å²) >= 11 is 0. The van der Waals surface area contributed by atoms with Crippen LogP contribution in [-0.2, 0) is 0 Å². The van der Waals surface area contributed by atoms with Crippen molar-refractivity contribution >= 4 is 0 Å². The summed E-state index contributed by atoms with van der Waals surface area (Å²) in [6.45, 7) is 1.35. The topological polar surface area (TPSA) is 78.5 Å². The van der Waals surface area contributed by atoms with E-state index >= 15 is 0 Å². The van der Waals surface area contributed by atoms with Crippen molar-refractivity contribution in [2.45, 2.75) is 18.6 Å². The fourth-order valence-electron chi connectivity index (χ4n) is 0.977. The molecule has 0 spiro atoms. The first kappa shape index (κ1) is 9.84. The zero-order valence-electron chi connectivity index (χ0n) is 6.25. The SMILES string of the molecule is CO.NCC1CC(O)CN1. The Hall–Kier alpha value is -0.160. The molecule has 1 aliphatic rings. The van der Waals surface area contributed by atoms with Gasteiger partial charge in [0.1, 0.15) is 0 Å². The fourth-order valence-corrected chi connectivity index (χ4v) is 0.977. The van der Waals surface area contributed by atoms with Crippen molar-refractivity contribution in [3.63, 3.8) is 0 Å². The summed E-state index contributed by atoms with van der Waals surface area (Å²) in [6.07, 6.45) is 0.653. The third kappa shape index (κ3) is 3.12. The predicted octanol–water partition coefficient (Wildman–Crippen LogP) is -1.72. The average molecular weight is 148 g/mol. The number of nitrogens with two attached hydrogens (primary N) is 1. The molecule has 4 nitrogen and oxygen atoms in total. The number of hydrogen-bond acceptors (Lipinski definition) is 4. The van der Waals surface area contributed by atoms with E-state index in [0.717, 1.165) is 13.5 Å². The maximum atomic E-state index is 8.91. The highest BCUT2D eigenvalue weighted by Crippen LogP contribution is 2.03. The van der Waals surface area contributed by atoms with E-state index in [0.29, 0.717) is 19.1 Å². The molecule has 0 aliphatic carbocycles. The molecule has 1 heterocycles. The van der Waals surface area contributed by atoms with Gasteiger partial charge in [-0.2, -0.15) is 0 Å². The Morgan fingerprint density at radius 1 is 1.60 bits per heavy atom. The summed E-state index contributed by atoms with van der Waals surface area (Å²) in [5, 5.41) is 19.0. The van der Waals surface area contributed by atoms with E-state index in [-0.39, 0.29) is 6.10 Å². The van der Waals surface area contributed by atoms with Crippen molar-refractivity contribution in [2.75, 3.05) is 20.2 Å². The number of nitrogens with one attached hydrogen (secondary N) is 1. The lowest BCUT2D eigenvalue weighted by atomic mass is 10.2. The summed E-state index contributed by atoms with van der Waals surface area (Å²) in [5.74, 6) is 0. The van der Waals surface area contributed by atoms with Gasteiger partial charge in [0.05, 0.1) is 6.10 Å². The molecular weight excluding hydrogens is 132 g/mol. The Bertz CT molecular complexity index is 80.1. The van der Waals surface area contributed by atoms with E-state index in [1.165, 1.54) is 0 Å². The van der Waals surface area contributed by atoms with Gasteiger partial charge in [0.2, 0.25) is 0 Å². The molecule has 62 valence electrons. The smallest absolute Gasteiger partial charge is 0.0680 e. The van der Waals surface area contributed by atoms with Crippen molar-refractivity contribution in [1.29, 1.82) is 0 Å². The van der Waals surface area contributed by atoms with E-state index < -0.39 is 0 Å². The molecule has 1 saturated heterocycles. The molecule has 2 unspecified atom stereocenters. The van der Waals surface area contributed by atoms with Crippen LogP contribution in [0, 0.1) is 0 Å². The van der Waals surface area contributed by atoms with E-state index in [4.69, 9.17) is 15.9 Å². The van der Waals surface area contributed by atoms with Crippen LogP contribution in [0.3, 0.4) is 0 Å². The number of β-amino-alcohol motifs (C(OH)–C–C–N with tert-alkyl or cyclic N) is 1. The summed E-state index contributed by atoms with van der Waals surface area (Å²) in [4.78, 5) is 0. The van der Waals surface area contributed by atoms with Crippen molar-refractivity contribution in [1.82, 2.24) is 5.32 Å². The van der Waals surface area contributed by atoms with Gasteiger partial charge in [0.25, 0.3) is 0 Å². The monoisotopic (exact) mass is 148 g/mol. The Morgan fingerprint density at radius 3 is 2.40 bits per heavy atom. The number of rotatable bonds is 1. The van der Waals surface area contributed by atoms with E-state index in [1.54, 1.807) is 0 Å². The molecule has 4 heteroatoms. The maximum Gasteiger partial charge on any atom is 0.0680 e.